The molecule has 0 bridgehead atoms. The van der Waals surface area contributed by atoms with Crippen LogP contribution in [-0.2, 0) is 4.79 Å². The molecule has 3 nitrogen and oxygen atoms in total. The Morgan fingerprint density at radius 3 is 2.29 bits per heavy atom. The maximum atomic E-state index is 9.22. The summed E-state index contributed by atoms with van der Waals surface area (Å²) in [6.07, 6.45) is 2.24. The maximum absolute atomic E-state index is 9.22. The summed E-state index contributed by atoms with van der Waals surface area (Å²) >= 11 is 0. The number of hydrogen-bond acceptors (Lipinski definition) is 2. The predicted octanol–water partition coefficient (Wildman–Crippen LogP) is -1.14. The van der Waals surface area contributed by atoms with Gasteiger partial charge < -0.3 is 10.0 Å². The Labute approximate surface area is 42.6 Å². The molecule has 1 N–H and O–H groups in total. The smallest absolute Gasteiger partial charge is 0.148 e. The van der Waals surface area contributed by atoms with Crippen molar-refractivity contribution in [1.82, 2.24) is 0 Å². The van der Waals surface area contributed by atoms with Gasteiger partial charge in [0.1, 0.15) is 13.0 Å². The summed E-state index contributed by atoms with van der Waals surface area (Å²) in [6.45, 7) is 3.89. The second-order valence-electron chi connectivity index (χ2n) is 0.730. The van der Waals surface area contributed by atoms with Gasteiger partial charge in [-0.1, -0.05) is 6.92 Å². The molecule has 0 aromatic heterocycles. The van der Waals surface area contributed by atoms with Crippen LogP contribution < -0.4 is 5.16 Å². The average molecular weight is 103 g/mol. The summed E-state index contributed by atoms with van der Waals surface area (Å²) in [6, 6.07) is 0. The highest BCUT2D eigenvalue weighted by atomic mass is 16.4. The van der Waals surface area contributed by atoms with E-state index in [2.05, 4.69) is 0 Å². The van der Waals surface area contributed by atoms with E-state index in [-0.39, 0.29) is 0 Å². The van der Waals surface area contributed by atoms with Crippen LogP contribution in [-0.4, -0.2) is 13.0 Å². The minimum Gasteiger partial charge on any atom is -0.626 e. The van der Waals surface area contributed by atoms with Crippen LogP contribution in [0.4, 0.5) is 0 Å². The van der Waals surface area contributed by atoms with Gasteiger partial charge in [0.25, 0.3) is 0 Å². The molecule has 0 aliphatic carbocycles. The molecule has 7 heavy (non-hydrogen) atoms. The summed E-state index contributed by atoms with van der Waals surface area (Å²) in [7, 11) is 0. The lowest BCUT2D eigenvalue weighted by Gasteiger charge is -1.70. The van der Waals surface area contributed by atoms with E-state index in [1.54, 1.807) is 5.16 Å². The fraction of sp³-hybridized carbons (Fsp3) is 0.500. The van der Waals surface area contributed by atoms with Gasteiger partial charge in [0, 0.05) is 6.42 Å². The highest BCUT2D eigenvalue weighted by Gasteiger charge is 1.58. The third-order valence-corrected chi connectivity index (χ3v) is 0.287. The maximum Gasteiger partial charge on any atom is 0.148 e. The van der Waals surface area contributed by atoms with Gasteiger partial charge in [0.2, 0.25) is 0 Å². The van der Waals surface area contributed by atoms with Gasteiger partial charge in [-0.05, 0) is 0 Å². The van der Waals surface area contributed by atoms with Gasteiger partial charge in [0.15, 0.2) is 0 Å². The molecular weight excluding hydrogens is 94.0 g/mol. The molecule has 0 heterocycles. The zero-order chi connectivity index (χ0) is 6.12. The minimum absolute atomic E-state index is 0.795. The lowest BCUT2D eigenvalue weighted by atomic mass is 10.6. The summed E-state index contributed by atoms with van der Waals surface area (Å²) in [5.74, 6) is 0. The van der Waals surface area contributed by atoms with E-state index in [4.69, 9.17) is 4.79 Å². The SMILES string of the molecule is C=O.CCC=[NH+][O-]. The molecule has 0 aliphatic heterocycles. The summed E-state index contributed by atoms with van der Waals surface area (Å²) in [4.78, 5) is 8.00. The molecule has 0 rings (SSSR count). The number of hydrogen-bond donors (Lipinski definition) is 1. The van der Waals surface area contributed by atoms with Crippen molar-refractivity contribution >= 4 is 13.0 Å². The largest absolute Gasteiger partial charge is 0.626 e. The third-order valence-electron chi connectivity index (χ3n) is 0.287. The molecule has 0 atom stereocenters. The molecule has 0 aromatic carbocycles. The van der Waals surface area contributed by atoms with Crippen LogP contribution in [0.2, 0.25) is 0 Å². The number of nitrogens with one attached hydrogen (secondary N) is 1. The van der Waals surface area contributed by atoms with Crippen molar-refractivity contribution in [3.63, 3.8) is 0 Å². The molecule has 0 unspecified atom stereocenters. The normalized spacial score (nSPS) is 7.57. The van der Waals surface area contributed by atoms with Crippen molar-refractivity contribution in [2.75, 3.05) is 0 Å². The third kappa shape index (κ3) is 39.0. The van der Waals surface area contributed by atoms with Crippen molar-refractivity contribution in [2.24, 2.45) is 0 Å². The van der Waals surface area contributed by atoms with E-state index in [1.807, 2.05) is 13.7 Å². The van der Waals surface area contributed by atoms with Crippen LogP contribution in [0.5, 0.6) is 0 Å². The zero-order valence-corrected chi connectivity index (χ0v) is 4.31. The van der Waals surface area contributed by atoms with Gasteiger partial charge in [-0.3, -0.25) is 0 Å². The standard InChI is InChI=1S/C3H7NO.CH2O/c1-2-3-4-5;1-2/h3-4H,2H2,1H3;1H2. The Morgan fingerprint density at radius 2 is 2.29 bits per heavy atom. The Morgan fingerprint density at radius 1 is 1.86 bits per heavy atom. The van der Waals surface area contributed by atoms with Crippen LogP contribution >= 0.6 is 0 Å². The van der Waals surface area contributed by atoms with E-state index in [9.17, 15) is 5.21 Å². The van der Waals surface area contributed by atoms with Gasteiger partial charge in [-0.25, -0.2) is 5.16 Å². The highest BCUT2D eigenvalue weighted by molar-refractivity contribution is 5.49. The highest BCUT2D eigenvalue weighted by Crippen LogP contribution is 1.50. The van der Waals surface area contributed by atoms with Gasteiger partial charge >= 0.3 is 0 Å². The molecule has 0 saturated carbocycles. The van der Waals surface area contributed by atoms with Crippen LogP contribution in [0.3, 0.4) is 0 Å². The van der Waals surface area contributed by atoms with Crippen LogP contribution in [0, 0.1) is 5.21 Å². The van der Waals surface area contributed by atoms with Crippen LogP contribution in [0.15, 0.2) is 0 Å². The van der Waals surface area contributed by atoms with Crippen LogP contribution in [0.1, 0.15) is 13.3 Å². The Hall–Kier alpha value is -0.860. The Kier molecular flexibility index (Phi) is 26.0. The Balaban J connectivity index is 0. The molecule has 0 spiro atoms. The molecule has 0 radical (unpaired) electrons. The summed E-state index contributed by atoms with van der Waals surface area (Å²) in [5, 5.41) is 10.9. The number of rotatable bonds is 1. The van der Waals surface area contributed by atoms with Crippen molar-refractivity contribution < 1.29 is 9.95 Å². The lowest BCUT2D eigenvalue weighted by molar-refractivity contribution is -0.368. The lowest BCUT2D eigenvalue weighted by Crippen LogP contribution is -2.59. The molecule has 0 fully saturated rings. The first-order chi connectivity index (χ1) is 3.41. The molecular formula is C4H9NO2. The monoisotopic (exact) mass is 103 g/mol. The fourth-order valence-corrected chi connectivity index (χ4v) is 0.0833. The molecule has 3 heteroatoms. The van der Waals surface area contributed by atoms with E-state index in [1.165, 1.54) is 6.21 Å². The quantitative estimate of drug-likeness (QED) is 0.259. The van der Waals surface area contributed by atoms with E-state index < -0.39 is 0 Å². The van der Waals surface area contributed by atoms with Gasteiger partial charge in [-0.15, -0.1) is 0 Å². The summed E-state index contributed by atoms with van der Waals surface area (Å²) in [5.41, 5.74) is 0. The first-order valence-corrected chi connectivity index (χ1v) is 1.90. The second kappa shape index (κ2) is 19.2. The first kappa shape index (κ1) is 9.46. The topological polar surface area (TPSA) is 54.1 Å². The predicted molar refractivity (Wildman–Crippen MR) is 27.8 cm³/mol. The molecule has 0 aliphatic rings. The summed E-state index contributed by atoms with van der Waals surface area (Å²) < 4.78 is 0. The number of carbonyl (C=O) groups is 1. The van der Waals surface area contributed by atoms with Crippen molar-refractivity contribution in [3.05, 3.63) is 5.21 Å². The van der Waals surface area contributed by atoms with Crippen molar-refractivity contribution in [2.45, 2.75) is 13.3 Å². The second-order valence-corrected chi connectivity index (χ2v) is 0.730. The number of carbonyl (C=O) groups excluding carboxylic acids is 1. The van der Waals surface area contributed by atoms with Crippen LogP contribution in [0.25, 0.3) is 0 Å². The van der Waals surface area contributed by atoms with E-state index in [0.717, 1.165) is 6.42 Å². The first-order valence-electron chi connectivity index (χ1n) is 1.90. The van der Waals surface area contributed by atoms with Crippen molar-refractivity contribution in [1.29, 1.82) is 0 Å². The minimum atomic E-state index is 0.795. The van der Waals surface area contributed by atoms with Gasteiger partial charge in [0.05, 0.1) is 0 Å². The fourth-order valence-electron chi connectivity index (χ4n) is 0.0833. The van der Waals surface area contributed by atoms with E-state index in [0.29, 0.717) is 0 Å². The van der Waals surface area contributed by atoms with E-state index >= 15 is 0 Å². The molecule has 0 aromatic rings. The molecule has 0 amide bonds. The molecule has 0 saturated heterocycles. The van der Waals surface area contributed by atoms with Gasteiger partial charge in [-0.2, -0.15) is 0 Å². The molecule has 42 valence electrons. The van der Waals surface area contributed by atoms with Crippen molar-refractivity contribution in [3.8, 4) is 0 Å². The Bertz CT molecular complexity index is 45.0. The zero-order valence-electron chi connectivity index (χ0n) is 4.31. The average Bonchev–Trinajstić information content (AvgIpc) is 1.75.